The third-order valence-corrected chi connectivity index (χ3v) is 5.35. The minimum absolute atomic E-state index is 0.0776. The summed E-state index contributed by atoms with van der Waals surface area (Å²) in [5, 5.41) is 7.31. The number of aromatic nitrogens is 2. The maximum absolute atomic E-state index is 13.0. The summed E-state index contributed by atoms with van der Waals surface area (Å²) in [5.41, 5.74) is 1.88. The largest absolute Gasteiger partial charge is 0.379 e. The zero-order chi connectivity index (χ0) is 20.1. The van der Waals surface area contributed by atoms with Gasteiger partial charge in [0.2, 0.25) is 0 Å². The van der Waals surface area contributed by atoms with E-state index in [0.717, 1.165) is 44.8 Å². The average Bonchev–Trinajstić information content (AvgIpc) is 3.12. The van der Waals surface area contributed by atoms with Gasteiger partial charge in [0.25, 0.3) is 11.8 Å². The normalized spacial score (nSPS) is 17.7. The van der Waals surface area contributed by atoms with Crippen LogP contribution in [0, 0.1) is 0 Å². The highest BCUT2D eigenvalue weighted by Gasteiger charge is 2.26. The molecule has 1 aromatic carbocycles. The zero-order valence-electron chi connectivity index (χ0n) is 16.5. The lowest BCUT2D eigenvalue weighted by Gasteiger charge is -2.26. The lowest BCUT2D eigenvalue weighted by molar-refractivity contribution is 0.0383. The number of fused-ring (bicyclic) bond motifs is 1. The third kappa shape index (κ3) is 4.83. The molecule has 2 aliphatic rings. The number of nitrogens with one attached hydrogen (secondary N) is 1. The van der Waals surface area contributed by atoms with Crippen LogP contribution in [0.3, 0.4) is 0 Å². The van der Waals surface area contributed by atoms with Gasteiger partial charge in [-0.05, 0) is 12.0 Å². The van der Waals surface area contributed by atoms with E-state index >= 15 is 0 Å². The number of hydrogen-bond donors (Lipinski definition) is 1. The Balaban J connectivity index is 1.38. The first-order valence-electron chi connectivity index (χ1n) is 10.2. The summed E-state index contributed by atoms with van der Waals surface area (Å²) in [6.07, 6.45) is 0.811. The van der Waals surface area contributed by atoms with Crippen molar-refractivity contribution in [1.29, 1.82) is 0 Å². The average molecular weight is 397 g/mol. The van der Waals surface area contributed by atoms with Crippen molar-refractivity contribution in [3.05, 3.63) is 53.3 Å². The van der Waals surface area contributed by atoms with Crippen LogP contribution in [0.4, 0.5) is 0 Å². The van der Waals surface area contributed by atoms with Gasteiger partial charge in [0.1, 0.15) is 5.69 Å². The van der Waals surface area contributed by atoms with E-state index in [0.29, 0.717) is 37.6 Å². The predicted molar refractivity (Wildman–Crippen MR) is 108 cm³/mol. The lowest BCUT2D eigenvalue weighted by Crippen LogP contribution is -2.41. The third-order valence-electron chi connectivity index (χ3n) is 5.35. The van der Waals surface area contributed by atoms with Gasteiger partial charge in [-0.25, -0.2) is 0 Å². The molecule has 2 aliphatic heterocycles. The molecule has 1 fully saturated rings. The van der Waals surface area contributed by atoms with Gasteiger partial charge in [0, 0.05) is 51.9 Å². The van der Waals surface area contributed by atoms with Gasteiger partial charge in [-0.3, -0.25) is 19.2 Å². The van der Waals surface area contributed by atoms with E-state index in [2.05, 4.69) is 15.3 Å². The van der Waals surface area contributed by atoms with Crippen LogP contribution < -0.4 is 5.32 Å². The molecular formula is C21H27N5O3. The predicted octanol–water partition coefficient (Wildman–Crippen LogP) is 0.991. The molecule has 8 nitrogen and oxygen atoms in total. The number of amides is 2. The number of benzene rings is 1. The molecule has 2 aromatic rings. The van der Waals surface area contributed by atoms with E-state index in [9.17, 15) is 9.59 Å². The van der Waals surface area contributed by atoms with Crippen LogP contribution >= 0.6 is 0 Å². The number of rotatable bonds is 6. The van der Waals surface area contributed by atoms with E-state index in [1.54, 1.807) is 10.7 Å². The first-order chi connectivity index (χ1) is 14.2. The number of ether oxygens (including phenoxy) is 1. The molecule has 0 aliphatic carbocycles. The molecule has 29 heavy (non-hydrogen) atoms. The standard InChI is InChI=1S/C21H27N5O3/c27-20(22-7-10-24-11-13-29-14-12-24)18-15-19-21(28)25(8-4-9-26(19)23-18)16-17-5-2-1-3-6-17/h1-3,5-6,15H,4,7-14,16H2,(H,22,27). The molecule has 0 spiro atoms. The molecule has 154 valence electrons. The van der Waals surface area contributed by atoms with E-state index in [1.165, 1.54) is 0 Å². The van der Waals surface area contributed by atoms with Crippen LogP contribution in [0.5, 0.6) is 0 Å². The Bertz CT molecular complexity index is 845. The Morgan fingerprint density at radius 3 is 2.69 bits per heavy atom. The van der Waals surface area contributed by atoms with Crippen molar-refractivity contribution in [3.8, 4) is 0 Å². The fourth-order valence-corrected chi connectivity index (χ4v) is 3.74. The zero-order valence-corrected chi connectivity index (χ0v) is 16.5. The van der Waals surface area contributed by atoms with Crippen molar-refractivity contribution in [3.63, 3.8) is 0 Å². The highest BCUT2D eigenvalue weighted by Crippen LogP contribution is 2.16. The summed E-state index contributed by atoms with van der Waals surface area (Å²) < 4.78 is 7.00. The van der Waals surface area contributed by atoms with Crippen LogP contribution in [0.25, 0.3) is 0 Å². The highest BCUT2D eigenvalue weighted by molar-refractivity contribution is 5.98. The number of nitrogens with zero attached hydrogens (tertiary/aromatic N) is 4. The molecule has 1 N–H and O–H groups in total. The minimum Gasteiger partial charge on any atom is -0.379 e. The van der Waals surface area contributed by atoms with E-state index < -0.39 is 0 Å². The van der Waals surface area contributed by atoms with Crippen molar-refractivity contribution in [2.45, 2.75) is 19.5 Å². The van der Waals surface area contributed by atoms with Gasteiger partial charge in [-0.2, -0.15) is 5.10 Å². The molecule has 0 saturated carbocycles. The second-order valence-corrected chi connectivity index (χ2v) is 7.41. The van der Waals surface area contributed by atoms with Crippen LogP contribution in [-0.2, 0) is 17.8 Å². The maximum Gasteiger partial charge on any atom is 0.272 e. The fourth-order valence-electron chi connectivity index (χ4n) is 3.74. The Kier molecular flexibility index (Phi) is 6.21. The van der Waals surface area contributed by atoms with Crippen molar-refractivity contribution >= 4 is 11.8 Å². The minimum atomic E-state index is -0.235. The number of hydrogen-bond acceptors (Lipinski definition) is 5. The first kappa shape index (κ1) is 19.6. The Labute approximate surface area is 170 Å². The quantitative estimate of drug-likeness (QED) is 0.786. The van der Waals surface area contributed by atoms with E-state index in [-0.39, 0.29) is 11.8 Å². The molecule has 1 aromatic heterocycles. The summed E-state index contributed by atoms with van der Waals surface area (Å²) in [7, 11) is 0. The molecule has 0 atom stereocenters. The van der Waals surface area contributed by atoms with Gasteiger partial charge in [-0.1, -0.05) is 30.3 Å². The highest BCUT2D eigenvalue weighted by atomic mass is 16.5. The molecule has 3 heterocycles. The van der Waals surface area contributed by atoms with Crippen LogP contribution in [0.1, 0.15) is 33.0 Å². The second-order valence-electron chi connectivity index (χ2n) is 7.41. The Hall–Kier alpha value is -2.71. The van der Waals surface area contributed by atoms with Crippen molar-refractivity contribution in [1.82, 2.24) is 24.9 Å². The Morgan fingerprint density at radius 1 is 1.10 bits per heavy atom. The molecule has 0 bridgehead atoms. The molecule has 2 amide bonds. The molecule has 1 saturated heterocycles. The van der Waals surface area contributed by atoms with Gasteiger partial charge in [0.15, 0.2) is 5.69 Å². The van der Waals surface area contributed by atoms with Crippen LogP contribution in [0.2, 0.25) is 0 Å². The Morgan fingerprint density at radius 2 is 1.90 bits per heavy atom. The monoisotopic (exact) mass is 397 g/mol. The number of carbonyl (C=O) groups is 2. The van der Waals surface area contributed by atoms with Crippen LogP contribution in [-0.4, -0.2) is 77.3 Å². The fraction of sp³-hybridized carbons (Fsp3) is 0.476. The first-order valence-corrected chi connectivity index (χ1v) is 10.2. The van der Waals surface area contributed by atoms with Gasteiger partial charge in [0.05, 0.1) is 13.2 Å². The van der Waals surface area contributed by atoms with Gasteiger partial charge >= 0.3 is 0 Å². The number of morpholine rings is 1. The van der Waals surface area contributed by atoms with Crippen molar-refractivity contribution in [2.75, 3.05) is 45.9 Å². The van der Waals surface area contributed by atoms with Gasteiger partial charge < -0.3 is 15.0 Å². The smallest absolute Gasteiger partial charge is 0.272 e. The number of aryl methyl sites for hydroxylation is 1. The molecule has 4 rings (SSSR count). The molecule has 8 heteroatoms. The molecule has 0 unspecified atom stereocenters. The summed E-state index contributed by atoms with van der Waals surface area (Å²) in [6, 6.07) is 11.6. The molecule has 0 radical (unpaired) electrons. The topological polar surface area (TPSA) is 79.7 Å². The summed E-state index contributed by atoms with van der Waals surface area (Å²) in [6.45, 7) is 6.46. The van der Waals surface area contributed by atoms with Crippen molar-refractivity contribution in [2.24, 2.45) is 0 Å². The van der Waals surface area contributed by atoms with Gasteiger partial charge in [-0.15, -0.1) is 0 Å². The lowest BCUT2D eigenvalue weighted by atomic mass is 10.2. The SMILES string of the molecule is O=C(NCCN1CCOCC1)c1cc2n(n1)CCCN(Cc1ccccc1)C2=O. The van der Waals surface area contributed by atoms with Crippen molar-refractivity contribution < 1.29 is 14.3 Å². The number of carbonyl (C=O) groups excluding carboxylic acids is 2. The summed E-state index contributed by atoms with van der Waals surface area (Å²) >= 11 is 0. The van der Waals surface area contributed by atoms with Crippen LogP contribution in [0.15, 0.2) is 36.4 Å². The molecular weight excluding hydrogens is 370 g/mol. The summed E-state index contributed by atoms with van der Waals surface area (Å²) in [4.78, 5) is 29.6. The van der Waals surface area contributed by atoms with E-state index in [1.807, 2.05) is 35.2 Å². The maximum atomic E-state index is 13.0. The van der Waals surface area contributed by atoms with E-state index in [4.69, 9.17) is 4.74 Å². The summed E-state index contributed by atoms with van der Waals surface area (Å²) in [5.74, 6) is -0.313. The second kappa shape index (κ2) is 9.19.